The van der Waals surface area contributed by atoms with Gasteiger partial charge in [-0.05, 0) is 44.4 Å². The minimum atomic E-state index is -0.196. The van der Waals surface area contributed by atoms with Crippen LogP contribution in [0.5, 0.6) is 0 Å². The molecule has 3 amide bonds. The van der Waals surface area contributed by atoms with Crippen LogP contribution in [-0.4, -0.2) is 37.2 Å². The standard InChI is InChI=1S/C17H25N3O3/c1-12(2)20-17(22)19-10-13-5-7-14(8-6-13)16(21)18-11-15-4-3-9-23-15/h5-8,12,15H,3-4,9-11H2,1-2H3,(H,18,21)(H2,19,20,22)/t15-/m0/s1. The Kier molecular flexibility index (Phi) is 6.40. The Labute approximate surface area is 137 Å². The predicted octanol–water partition coefficient (Wildman–Crippen LogP) is 1.80. The van der Waals surface area contributed by atoms with E-state index in [1.807, 2.05) is 26.0 Å². The Balaban J connectivity index is 1.76. The zero-order valence-electron chi connectivity index (χ0n) is 13.7. The molecule has 1 saturated heterocycles. The largest absolute Gasteiger partial charge is 0.376 e. The molecule has 1 heterocycles. The first-order valence-electron chi connectivity index (χ1n) is 8.07. The first-order chi connectivity index (χ1) is 11.0. The van der Waals surface area contributed by atoms with Crippen molar-refractivity contribution < 1.29 is 14.3 Å². The number of ether oxygens (including phenoxy) is 1. The van der Waals surface area contributed by atoms with Gasteiger partial charge in [0, 0.05) is 31.3 Å². The Bertz CT molecular complexity index is 522. The number of rotatable bonds is 6. The summed E-state index contributed by atoms with van der Waals surface area (Å²) >= 11 is 0. The lowest BCUT2D eigenvalue weighted by Crippen LogP contribution is -2.39. The van der Waals surface area contributed by atoms with Crippen LogP contribution in [0.3, 0.4) is 0 Å². The topological polar surface area (TPSA) is 79.5 Å². The van der Waals surface area contributed by atoms with E-state index in [0.717, 1.165) is 25.0 Å². The van der Waals surface area contributed by atoms with Crippen LogP contribution in [0.25, 0.3) is 0 Å². The summed E-state index contributed by atoms with van der Waals surface area (Å²) in [6, 6.07) is 7.13. The van der Waals surface area contributed by atoms with E-state index in [1.54, 1.807) is 12.1 Å². The molecule has 2 rings (SSSR count). The second-order valence-corrected chi connectivity index (χ2v) is 6.02. The summed E-state index contributed by atoms with van der Waals surface area (Å²) < 4.78 is 5.48. The Hall–Kier alpha value is -2.08. The van der Waals surface area contributed by atoms with Gasteiger partial charge in [-0.3, -0.25) is 4.79 Å². The number of hydrogen-bond donors (Lipinski definition) is 3. The monoisotopic (exact) mass is 319 g/mol. The second kappa shape index (κ2) is 8.53. The molecule has 3 N–H and O–H groups in total. The molecule has 0 aromatic heterocycles. The average molecular weight is 319 g/mol. The first kappa shape index (κ1) is 17.3. The van der Waals surface area contributed by atoms with Gasteiger partial charge in [0.2, 0.25) is 0 Å². The highest BCUT2D eigenvalue weighted by Gasteiger charge is 2.16. The number of urea groups is 1. The molecule has 1 atom stereocenters. The fourth-order valence-electron chi connectivity index (χ4n) is 2.38. The molecule has 1 fully saturated rings. The molecule has 1 aliphatic heterocycles. The highest BCUT2D eigenvalue weighted by molar-refractivity contribution is 5.94. The van der Waals surface area contributed by atoms with E-state index in [4.69, 9.17) is 4.74 Å². The van der Waals surface area contributed by atoms with E-state index >= 15 is 0 Å². The van der Waals surface area contributed by atoms with Gasteiger partial charge in [0.15, 0.2) is 0 Å². The smallest absolute Gasteiger partial charge is 0.315 e. The summed E-state index contributed by atoms with van der Waals surface area (Å²) in [5.74, 6) is -0.0995. The molecule has 0 aliphatic carbocycles. The molecule has 23 heavy (non-hydrogen) atoms. The summed E-state index contributed by atoms with van der Waals surface area (Å²) in [4.78, 5) is 23.6. The van der Waals surface area contributed by atoms with Crippen molar-refractivity contribution in [3.8, 4) is 0 Å². The lowest BCUT2D eigenvalue weighted by atomic mass is 10.1. The van der Waals surface area contributed by atoms with Crippen LogP contribution < -0.4 is 16.0 Å². The third-order valence-electron chi connectivity index (χ3n) is 3.60. The predicted molar refractivity (Wildman–Crippen MR) is 88.3 cm³/mol. The van der Waals surface area contributed by atoms with Crippen LogP contribution in [-0.2, 0) is 11.3 Å². The Morgan fingerprint density at radius 1 is 1.22 bits per heavy atom. The summed E-state index contributed by atoms with van der Waals surface area (Å²) in [6.45, 7) is 5.58. The summed E-state index contributed by atoms with van der Waals surface area (Å²) in [7, 11) is 0. The van der Waals surface area contributed by atoms with Crippen molar-refractivity contribution in [1.82, 2.24) is 16.0 Å². The number of carbonyl (C=O) groups excluding carboxylic acids is 2. The van der Waals surface area contributed by atoms with Crippen molar-refractivity contribution >= 4 is 11.9 Å². The van der Waals surface area contributed by atoms with Crippen LogP contribution in [0.2, 0.25) is 0 Å². The first-order valence-corrected chi connectivity index (χ1v) is 8.07. The molecule has 6 heteroatoms. The number of amides is 3. The minimum Gasteiger partial charge on any atom is -0.376 e. The second-order valence-electron chi connectivity index (χ2n) is 6.02. The van der Waals surface area contributed by atoms with Crippen molar-refractivity contribution in [2.24, 2.45) is 0 Å². The van der Waals surface area contributed by atoms with Gasteiger partial charge in [-0.1, -0.05) is 12.1 Å². The molecule has 0 bridgehead atoms. The zero-order chi connectivity index (χ0) is 16.7. The van der Waals surface area contributed by atoms with Gasteiger partial charge in [-0.15, -0.1) is 0 Å². The zero-order valence-corrected chi connectivity index (χ0v) is 13.7. The number of hydrogen-bond acceptors (Lipinski definition) is 3. The third-order valence-corrected chi connectivity index (χ3v) is 3.60. The van der Waals surface area contributed by atoms with E-state index in [9.17, 15) is 9.59 Å². The maximum Gasteiger partial charge on any atom is 0.315 e. The number of nitrogens with one attached hydrogen (secondary N) is 3. The highest BCUT2D eigenvalue weighted by Crippen LogP contribution is 2.11. The maximum absolute atomic E-state index is 12.1. The van der Waals surface area contributed by atoms with Crippen molar-refractivity contribution in [2.75, 3.05) is 13.2 Å². The molecule has 6 nitrogen and oxygen atoms in total. The molecule has 0 spiro atoms. The van der Waals surface area contributed by atoms with Crippen LogP contribution in [0, 0.1) is 0 Å². The molecule has 1 aromatic rings. The van der Waals surface area contributed by atoms with E-state index < -0.39 is 0 Å². The molecule has 1 aliphatic rings. The fraction of sp³-hybridized carbons (Fsp3) is 0.529. The van der Waals surface area contributed by atoms with E-state index in [0.29, 0.717) is 18.7 Å². The van der Waals surface area contributed by atoms with Crippen molar-refractivity contribution in [2.45, 2.75) is 45.4 Å². The Morgan fingerprint density at radius 2 is 1.96 bits per heavy atom. The lowest BCUT2D eigenvalue weighted by Gasteiger charge is -2.12. The Morgan fingerprint density at radius 3 is 2.57 bits per heavy atom. The van der Waals surface area contributed by atoms with Gasteiger partial charge in [-0.2, -0.15) is 0 Å². The van der Waals surface area contributed by atoms with Gasteiger partial charge >= 0.3 is 6.03 Å². The fourth-order valence-corrected chi connectivity index (χ4v) is 2.38. The van der Waals surface area contributed by atoms with Crippen LogP contribution in [0.15, 0.2) is 24.3 Å². The molecule has 0 unspecified atom stereocenters. The van der Waals surface area contributed by atoms with Gasteiger partial charge in [0.1, 0.15) is 0 Å². The third kappa shape index (κ3) is 5.90. The van der Waals surface area contributed by atoms with Crippen LogP contribution >= 0.6 is 0 Å². The van der Waals surface area contributed by atoms with E-state index in [1.165, 1.54) is 0 Å². The number of benzene rings is 1. The van der Waals surface area contributed by atoms with E-state index in [-0.39, 0.29) is 24.1 Å². The summed E-state index contributed by atoms with van der Waals surface area (Å²) in [5.41, 5.74) is 1.55. The molecule has 1 aromatic carbocycles. The van der Waals surface area contributed by atoms with Crippen molar-refractivity contribution in [3.05, 3.63) is 35.4 Å². The SMILES string of the molecule is CC(C)NC(=O)NCc1ccc(C(=O)NC[C@@H]2CCCO2)cc1. The summed E-state index contributed by atoms with van der Waals surface area (Å²) in [5, 5.41) is 8.42. The molecular formula is C17H25N3O3. The summed E-state index contributed by atoms with van der Waals surface area (Å²) in [6.07, 6.45) is 2.21. The average Bonchev–Trinajstić information content (AvgIpc) is 3.04. The quantitative estimate of drug-likeness (QED) is 0.748. The van der Waals surface area contributed by atoms with Gasteiger partial charge in [0.05, 0.1) is 6.10 Å². The van der Waals surface area contributed by atoms with Gasteiger partial charge < -0.3 is 20.7 Å². The molecule has 0 radical (unpaired) electrons. The lowest BCUT2D eigenvalue weighted by molar-refractivity contribution is 0.0857. The minimum absolute atomic E-state index is 0.0995. The molecule has 126 valence electrons. The van der Waals surface area contributed by atoms with E-state index in [2.05, 4.69) is 16.0 Å². The van der Waals surface area contributed by atoms with Gasteiger partial charge in [0.25, 0.3) is 5.91 Å². The molecular weight excluding hydrogens is 294 g/mol. The number of carbonyl (C=O) groups is 2. The molecule has 0 saturated carbocycles. The van der Waals surface area contributed by atoms with Crippen molar-refractivity contribution in [1.29, 1.82) is 0 Å². The van der Waals surface area contributed by atoms with Crippen molar-refractivity contribution in [3.63, 3.8) is 0 Å². The van der Waals surface area contributed by atoms with Crippen LogP contribution in [0.4, 0.5) is 4.79 Å². The normalized spacial score (nSPS) is 17.1. The van der Waals surface area contributed by atoms with Gasteiger partial charge in [-0.25, -0.2) is 4.79 Å². The maximum atomic E-state index is 12.1. The van der Waals surface area contributed by atoms with Crippen LogP contribution in [0.1, 0.15) is 42.6 Å². The highest BCUT2D eigenvalue weighted by atomic mass is 16.5.